The van der Waals surface area contributed by atoms with Gasteiger partial charge in [0.2, 0.25) is 0 Å². The van der Waals surface area contributed by atoms with Gasteiger partial charge in [0.15, 0.2) is 5.69 Å². The van der Waals surface area contributed by atoms with Gasteiger partial charge in [-0.2, -0.15) is 10.4 Å². The van der Waals surface area contributed by atoms with Gasteiger partial charge in [0.25, 0.3) is 0 Å². The van der Waals surface area contributed by atoms with Gasteiger partial charge in [-0.05, 0) is 57.4 Å². The minimum atomic E-state index is -0.546. The summed E-state index contributed by atoms with van der Waals surface area (Å²) in [5.41, 5.74) is 0.645. The Balaban J connectivity index is 1.65. The Morgan fingerprint density at radius 2 is 2.07 bits per heavy atom. The first-order valence-corrected chi connectivity index (χ1v) is 10.7. The molecule has 2 aromatic rings. The highest BCUT2D eigenvalue weighted by Gasteiger charge is 2.70. The number of likely N-dealkylation sites (tertiary alicyclic amines) is 1. The van der Waals surface area contributed by atoms with Gasteiger partial charge in [0.05, 0.1) is 10.0 Å². The molecular formula is C22H24Cl2N4O2. The Kier molecular flexibility index (Phi) is 5.03. The van der Waals surface area contributed by atoms with E-state index in [4.69, 9.17) is 33.2 Å². The molecule has 4 rings (SSSR count). The molecule has 2 heterocycles. The second kappa shape index (κ2) is 7.18. The molecular weight excluding hydrogens is 423 g/mol. The van der Waals surface area contributed by atoms with Crippen molar-refractivity contribution >= 4 is 29.3 Å². The third-order valence-corrected chi connectivity index (χ3v) is 6.92. The third kappa shape index (κ3) is 3.66. The second-order valence-corrected chi connectivity index (χ2v) is 10.1. The number of fused-ring (bicyclic) bond motifs is 1. The molecule has 158 valence electrons. The molecule has 2 atom stereocenters. The van der Waals surface area contributed by atoms with Gasteiger partial charge in [-0.25, -0.2) is 4.79 Å². The maximum Gasteiger partial charge on any atom is 0.410 e. The van der Waals surface area contributed by atoms with Crippen molar-refractivity contribution in [3.63, 3.8) is 0 Å². The number of hydrogen-bond acceptors (Lipinski definition) is 4. The molecule has 1 aliphatic heterocycles. The Hall–Kier alpha value is -2.23. The third-order valence-electron chi connectivity index (χ3n) is 6.18. The van der Waals surface area contributed by atoms with Gasteiger partial charge in [-0.15, -0.1) is 0 Å². The smallest absolute Gasteiger partial charge is 0.410 e. The molecule has 30 heavy (non-hydrogen) atoms. The lowest BCUT2D eigenvalue weighted by Crippen LogP contribution is -2.48. The molecule has 0 radical (unpaired) electrons. The normalized spacial score (nSPS) is 25.4. The van der Waals surface area contributed by atoms with Gasteiger partial charge in [-0.3, -0.25) is 4.68 Å². The fraction of sp³-hybridized carbons (Fsp3) is 0.500. The van der Waals surface area contributed by atoms with Crippen molar-refractivity contribution in [2.75, 3.05) is 13.1 Å². The minimum absolute atomic E-state index is 0.113. The van der Waals surface area contributed by atoms with E-state index in [1.807, 2.05) is 45.2 Å². The van der Waals surface area contributed by atoms with Gasteiger partial charge in [0.1, 0.15) is 11.7 Å². The van der Waals surface area contributed by atoms with Crippen LogP contribution in [0.5, 0.6) is 0 Å². The van der Waals surface area contributed by atoms with Crippen LogP contribution in [0.4, 0.5) is 4.79 Å². The molecule has 0 N–H and O–H groups in total. The van der Waals surface area contributed by atoms with Crippen LogP contribution in [0.3, 0.4) is 0 Å². The molecule has 6 nitrogen and oxygen atoms in total. The summed E-state index contributed by atoms with van der Waals surface area (Å²) < 4.78 is 7.42. The summed E-state index contributed by atoms with van der Waals surface area (Å²) in [6.07, 6.45) is 3.22. The van der Waals surface area contributed by atoms with E-state index in [-0.39, 0.29) is 16.9 Å². The van der Waals surface area contributed by atoms with Crippen molar-refractivity contribution in [1.29, 1.82) is 5.26 Å². The zero-order valence-corrected chi connectivity index (χ0v) is 18.8. The number of carbonyl (C=O) groups is 1. The van der Waals surface area contributed by atoms with Crippen LogP contribution in [-0.2, 0) is 16.7 Å². The monoisotopic (exact) mass is 446 g/mol. The molecule has 1 aromatic heterocycles. The number of amides is 1. The zero-order valence-electron chi connectivity index (χ0n) is 17.3. The van der Waals surface area contributed by atoms with E-state index in [1.165, 1.54) is 0 Å². The number of hydrogen-bond donors (Lipinski definition) is 0. The largest absolute Gasteiger partial charge is 0.444 e. The number of piperidine rings is 1. The number of ether oxygens (including phenoxy) is 1. The van der Waals surface area contributed by atoms with E-state index in [1.54, 1.807) is 15.6 Å². The lowest BCUT2D eigenvalue weighted by Gasteiger charge is -2.39. The lowest BCUT2D eigenvalue weighted by molar-refractivity contribution is 0.0123. The highest BCUT2D eigenvalue weighted by atomic mass is 35.5. The summed E-state index contributed by atoms with van der Waals surface area (Å²) in [6, 6.07) is 9.58. The standard InChI is InChI=1S/C22H24Cl2N4O2/c1-20(2,3)30-19(29)27-9-7-22(15-4-5-17(23)18(24)10-15)12-21(22,13-27)14-28-8-6-16(11-25)26-28/h4-6,8,10H,7,9,12-14H2,1-3H3. The van der Waals surface area contributed by atoms with Crippen LogP contribution in [0.15, 0.2) is 30.5 Å². The first kappa shape index (κ1) is 21.0. The first-order chi connectivity index (χ1) is 14.1. The van der Waals surface area contributed by atoms with Gasteiger partial charge < -0.3 is 9.64 Å². The SMILES string of the molecule is CC(C)(C)OC(=O)N1CCC2(c3ccc(Cl)c(Cl)c3)CC2(Cn2ccc(C#N)n2)C1. The number of nitrogens with zero attached hydrogens (tertiary/aromatic N) is 4. The Morgan fingerprint density at radius 3 is 2.70 bits per heavy atom. The molecule has 1 saturated carbocycles. The Labute approximate surface area is 186 Å². The highest BCUT2D eigenvalue weighted by molar-refractivity contribution is 6.42. The quantitative estimate of drug-likeness (QED) is 0.662. The maximum absolute atomic E-state index is 12.8. The van der Waals surface area contributed by atoms with E-state index in [2.05, 4.69) is 11.2 Å². The van der Waals surface area contributed by atoms with Crippen molar-refractivity contribution in [2.45, 2.75) is 51.2 Å². The number of nitriles is 1. The summed E-state index contributed by atoms with van der Waals surface area (Å²) in [4.78, 5) is 14.6. The summed E-state index contributed by atoms with van der Waals surface area (Å²) >= 11 is 12.5. The van der Waals surface area contributed by atoms with E-state index >= 15 is 0 Å². The Bertz CT molecular complexity index is 1040. The van der Waals surface area contributed by atoms with Crippen molar-refractivity contribution in [3.8, 4) is 6.07 Å². The predicted molar refractivity (Wildman–Crippen MR) is 115 cm³/mol. The summed E-state index contributed by atoms with van der Waals surface area (Å²) in [6.45, 7) is 7.39. The zero-order chi connectivity index (χ0) is 21.7. The van der Waals surface area contributed by atoms with E-state index in [9.17, 15) is 4.79 Å². The molecule has 1 aromatic carbocycles. The van der Waals surface area contributed by atoms with Crippen molar-refractivity contribution in [2.24, 2.45) is 5.41 Å². The summed E-state index contributed by atoms with van der Waals surface area (Å²) in [7, 11) is 0. The number of carbonyl (C=O) groups excluding carboxylic acids is 1. The van der Waals surface area contributed by atoms with Crippen LogP contribution in [0.25, 0.3) is 0 Å². The van der Waals surface area contributed by atoms with Crippen LogP contribution >= 0.6 is 23.2 Å². The van der Waals surface area contributed by atoms with E-state index in [0.717, 1.165) is 18.4 Å². The number of rotatable bonds is 3. The van der Waals surface area contributed by atoms with Crippen molar-refractivity contribution in [1.82, 2.24) is 14.7 Å². The summed E-state index contributed by atoms with van der Waals surface area (Å²) in [5, 5.41) is 14.5. The molecule has 8 heteroatoms. The second-order valence-electron chi connectivity index (χ2n) is 9.33. The van der Waals surface area contributed by atoms with Gasteiger partial charge in [-0.1, -0.05) is 29.3 Å². The van der Waals surface area contributed by atoms with Crippen LogP contribution in [0, 0.1) is 16.7 Å². The van der Waals surface area contributed by atoms with Crippen LogP contribution in [0.2, 0.25) is 10.0 Å². The molecule has 1 saturated heterocycles. The first-order valence-electron chi connectivity index (χ1n) is 9.95. The topological polar surface area (TPSA) is 71.2 Å². The molecule has 2 unspecified atom stereocenters. The molecule has 0 bridgehead atoms. The van der Waals surface area contributed by atoms with Gasteiger partial charge >= 0.3 is 6.09 Å². The fourth-order valence-corrected chi connectivity index (χ4v) is 5.07. The maximum atomic E-state index is 12.8. The molecule has 2 aliphatic rings. The highest BCUT2D eigenvalue weighted by Crippen LogP contribution is 2.69. The minimum Gasteiger partial charge on any atom is -0.444 e. The molecule has 1 amide bonds. The van der Waals surface area contributed by atoms with Crippen molar-refractivity contribution in [3.05, 3.63) is 51.8 Å². The fourth-order valence-electron chi connectivity index (χ4n) is 4.77. The molecule has 1 aliphatic carbocycles. The number of aromatic nitrogens is 2. The average molecular weight is 447 g/mol. The van der Waals surface area contributed by atoms with E-state index < -0.39 is 5.60 Å². The predicted octanol–water partition coefficient (Wildman–Crippen LogP) is 5.03. The average Bonchev–Trinajstić information content (AvgIpc) is 3.12. The lowest BCUT2D eigenvalue weighted by atomic mass is 9.80. The Morgan fingerprint density at radius 1 is 1.30 bits per heavy atom. The number of halogens is 2. The van der Waals surface area contributed by atoms with Crippen LogP contribution in [-0.4, -0.2) is 39.5 Å². The molecule has 2 fully saturated rings. The van der Waals surface area contributed by atoms with Crippen molar-refractivity contribution < 1.29 is 9.53 Å². The number of benzene rings is 1. The van der Waals surface area contributed by atoms with Crippen LogP contribution < -0.4 is 0 Å². The van der Waals surface area contributed by atoms with Gasteiger partial charge in [0, 0.05) is 36.7 Å². The molecule has 0 spiro atoms. The summed E-state index contributed by atoms with van der Waals surface area (Å²) in [5.74, 6) is 0. The van der Waals surface area contributed by atoms with E-state index in [0.29, 0.717) is 35.4 Å². The van der Waals surface area contributed by atoms with Crippen LogP contribution in [0.1, 0.15) is 44.9 Å².